The smallest absolute Gasteiger partial charge is 0.263 e. The second-order valence-electron chi connectivity index (χ2n) is 5.36. The van der Waals surface area contributed by atoms with Crippen LogP contribution in [0.3, 0.4) is 0 Å². The molecule has 0 aliphatic rings. The Morgan fingerprint density at radius 3 is 2.79 bits per heavy atom. The van der Waals surface area contributed by atoms with E-state index in [9.17, 15) is 9.59 Å². The first-order chi connectivity index (χ1) is 11.6. The molecule has 7 heteroatoms. The minimum Gasteiger partial charge on any atom is -0.355 e. The van der Waals surface area contributed by atoms with Crippen LogP contribution >= 0.6 is 22.9 Å². The van der Waals surface area contributed by atoms with Gasteiger partial charge < -0.3 is 5.32 Å². The Bertz CT molecular complexity index is 931. The molecule has 0 spiro atoms. The molecule has 24 heavy (non-hydrogen) atoms. The summed E-state index contributed by atoms with van der Waals surface area (Å²) in [4.78, 5) is 29.6. The van der Waals surface area contributed by atoms with Gasteiger partial charge in [-0.25, -0.2) is 4.98 Å². The maximum atomic E-state index is 12.8. The number of fused-ring (bicyclic) bond motifs is 1. The summed E-state index contributed by atoms with van der Waals surface area (Å²) in [5.41, 5.74) is 1.50. The fourth-order valence-corrected chi connectivity index (χ4v) is 3.43. The highest BCUT2D eigenvalue weighted by Crippen LogP contribution is 2.31. The largest absolute Gasteiger partial charge is 0.355 e. The number of nitrogens with one attached hydrogen (secondary N) is 1. The van der Waals surface area contributed by atoms with Crippen LogP contribution < -0.4 is 10.9 Å². The van der Waals surface area contributed by atoms with Crippen molar-refractivity contribution in [3.8, 4) is 11.1 Å². The maximum Gasteiger partial charge on any atom is 0.263 e. The fraction of sp³-hybridized carbons (Fsp3) is 0.235. The van der Waals surface area contributed by atoms with Crippen molar-refractivity contribution in [2.45, 2.75) is 19.9 Å². The fourth-order valence-electron chi connectivity index (χ4n) is 2.40. The number of nitrogens with zero attached hydrogens (tertiary/aromatic N) is 2. The minimum absolute atomic E-state index is 0.0301. The van der Waals surface area contributed by atoms with E-state index in [1.807, 2.05) is 24.4 Å². The van der Waals surface area contributed by atoms with E-state index in [4.69, 9.17) is 11.6 Å². The van der Waals surface area contributed by atoms with Crippen molar-refractivity contribution in [2.75, 3.05) is 6.54 Å². The number of amides is 1. The van der Waals surface area contributed by atoms with E-state index in [1.54, 1.807) is 12.1 Å². The minimum atomic E-state index is -0.210. The number of halogens is 1. The third-order valence-corrected chi connectivity index (χ3v) is 4.74. The molecule has 0 saturated heterocycles. The number of benzene rings is 1. The summed E-state index contributed by atoms with van der Waals surface area (Å²) in [6.07, 6.45) is 2.28. The van der Waals surface area contributed by atoms with Gasteiger partial charge in [0.05, 0.1) is 11.7 Å². The Hall–Kier alpha value is -2.18. The maximum absolute atomic E-state index is 12.8. The summed E-state index contributed by atoms with van der Waals surface area (Å²) in [5.74, 6) is -0.191. The normalized spacial score (nSPS) is 10.9. The van der Waals surface area contributed by atoms with Gasteiger partial charge in [0, 0.05) is 22.5 Å². The molecule has 2 heterocycles. The van der Waals surface area contributed by atoms with E-state index in [0.717, 1.165) is 17.5 Å². The number of hydrogen-bond acceptors (Lipinski definition) is 4. The molecule has 0 aliphatic carbocycles. The van der Waals surface area contributed by atoms with Gasteiger partial charge in [-0.05, 0) is 24.1 Å². The lowest BCUT2D eigenvalue weighted by Gasteiger charge is -2.07. The predicted octanol–water partition coefficient (Wildman–Crippen LogP) is 3.30. The zero-order chi connectivity index (χ0) is 17.1. The van der Waals surface area contributed by atoms with E-state index in [2.05, 4.69) is 10.3 Å². The SMILES string of the molecule is CCCNC(=O)Cn1cnc2scc(-c3ccc(Cl)cc3)c2c1=O. The molecule has 0 fully saturated rings. The molecule has 0 bridgehead atoms. The zero-order valence-electron chi connectivity index (χ0n) is 13.1. The first-order valence-electron chi connectivity index (χ1n) is 7.59. The molecule has 3 aromatic rings. The molecular formula is C17H16ClN3O2S. The second kappa shape index (κ2) is 7.15. The lowest BCUT2D eigenvalue weighted by Crippen LogP contribution is -2.32. The van der Waals surface area contributed by atoms with Gasteiger partial charge in [0.2, 0.25) is 5.91 Å². The van der Waals surface area contributed by atoms with Gasteiger partial charge in [0.1, 0.15) is 11.4 Å². The van der Waals surface area contributed by atoms with Crippen molar-refractivity contribution in [3.63, 3.8) is 0 Å². The highest BCUT2D eigenvalue weighted by atomic mass is 35.5. The van der Waals surface area contributed by atoms with E-state index in [0.29, 0.717) is 21.8 Å². The molecule has 2 aromatic heterocycles. The third-order valence-electron chi connectivity index (χ3n) is 3.60. The number of aromatic nitrogens is 2. The van der Waals surface area contributed by atoms with Gasteiger partial charge in [-0.3, -0.25) is 14.2 Å². The first kappa shape index (κ1) is 16.7. The van der Waals surface area contributed by atoms with Crippen molar-refractivity contribution in [2.24, 2.45) is 0 Å². The van der Waals surface area contributed by atoms with Crippen molar-refractivity contribution < 1.29 is 4.79 Å². The van der Waals surface area contributed by atoms with Gasteiger partial charge >= 0.3 is 0 Å². The summed E-state index contributed by atoms with van der Waals surface area (Å²) in [5, 5.41) is 5.85. The number of carbonyl (C=O) groups is 1. The molecule has 0 aliphatic heterocycles. The van der Waals surface area contributed by atoms with Crippen LogP contribution in [0.4, 0.5) is 0 Å². The van der Waals surface area contributed by atoms with E-state index in [-0.39, 0.29) is 18.0 Å². The van der Waals surface area contributed by atoms with Crippen LogP contribution in [0, 0.1) is 0 Å². The molecule has 1 amide bonds. The highest BCUT2D eigenvalue weighted by Gasteiger charge is 2.14. The monoisotopic (exact) mass is 361 g/mol. The Labute approximate surface area is 147 Å². The summed E-state index contributed by atoms with van der Waals surface area (Å²) in [7, 11) is 0. The zero-order valence-corrected chi connectivity index (χ0v) is 14.7. The summed E-state index contributed by atoms with van der Waals surface area (Å²) in [6, 6.07) is 7.31. The van der Waals surface area contributed by atoms with Crippen molar-refractivity contribution in [1.82, 2.24) is 14.9 Å². The van der Waals surface area contributed by atoms with E-state index < -0.39 is 0 Å². The van der Waals surface area contributed by atoms with Gasteiger partial charge in [-0.15, -0.1) is 11.3 Å². The quantitative estimate of drug-likeness (QED) is 0.758. The van der Waals surface area contributed by atoms with Crippen molar-refractivity contribution >= 4 is 39.1 Å². The topological polar surface area (TPSA) is 64.0 Å². The van der Waals surface area contributed by atoms with Crippen LogP contribution in [0.1, 0.15) is 13.3 Å². The Balaban J connectivity index is 2.01. The lowest BCUT2D eigenvalue weighted by atomic mass is 10.1. The average Bonchev–Trinajstić information content (AvgIpc) is 3.01. The van der Waals surface area contributed by atoms with Crippen LogP contribution in [0.5, 0.6) is 0 Å². The molecule has 1 N–H and O–H groups in total. The molecule has 0 atom stereocenters. The number of hydrogen-bond donors (Lipinski definition) is 1. The molecule has 0 unspecified atom stereocenters. The number of rotatable bonds is 5. The summed E-state index contributed by atoms with van der Waals surface area (Å²) in [6.45, 7) is 2.54. The Morgan fingerprint density at radius 2 is 2.08 bits per heavy atom. The lowest BCUT2D eigenvalue weighted by molar-refractivity contribution is -0.121. The van der Waals surface area contributed by atoms with Crippen molar-refractivity contribution in [3.05, 3.63) is 51.3 Å². The standard InChI is InChI=1S/C17H16ClN3O2S/c1-2-7-19-14(22)8-21-10-20-16-15(17(21)23)13(9-24-16)11-3-5-12(18)6-4-11/h3-6,9-10H,2,7-8H2,1H3,(H,19,22). The average molecular weight is 362 g/mol. The molecular weight excluding hydrogens is 346 g/mol. The van der Waals surface area contributed by atoms with Crippen LogP contribution in [0.25, 0.3) is 21.3 Å². The molecule has 0 saturated carbocycles. The summed E-state index contributed by atoms with van der Waals surface area (Å²) < 4.78 is 1.35. The Morgan fingerprint density at radius 1 is 1.33 bits per heavy atom. The van der Waals surface area contributed by atoms with Crippen molar-refractivity contribution in [1.29, 1.82) is 0 Å². The highest BCUT2D eigenvalue weighted by molar-refractivity contribution is 7.17. The van der Waals surface area contributed by atoms with Crippen LogP contribution in [0.15, 0.2) is 40.8 Å². The molecule has 3 rings (SSSR count). The number of thiophene rings is 1. The van der Waals surface area contributed by atoms with Gasteiger partial charge in [0.15, 0.2) is 0 Å². The molecule has 1 aromatic carbocycles. The van der Waals surface area contributed by atoms with Crippen LogP contribution in [-0.2, 0) is 11.3 Å². The number of carbonyl (C=O) groups excluding carboxylic acids is 1. The van der Waals surface area contributed by atoms with Gasteiger partial charge in [-0.1, -0.05) is 30.7 Å². The predicted molar refractivity (Wildman–Crippen MR) is 97.6 cm³/mol. The molecule has 5 nitrogen and oxygen atoms in total. The molecule has 0 radical (unpaired) electrons. The van der Waals surface area contributed by atoms with E-state index >= 15 is 0 Å². The molecule has 124 valence electrons. The second-order valence-corrected chi connectivity index (χ2v) is 6.66. The first-order valence-corrected chi connectivity index (χ1v) is 8.85. The summed E-state index contributed by atoms with van der Waals surface area (Å²) >= 11 is 7.34. The van der Waals surface area contributed by atoms with Crippen LogP contribution in [0.2, 0.25) is 5.02 Å². The van der Waals surface area contributed by atoms with Gasteiger partial charge in [-0.2, -0.15) is 0 Å². The van der Waals surface area contributed by atoms with E-state index in [1.165, 1.54) is 22.2 Å². The Kier molecular flexibility index (Phi) is 4.97. The van der Waals surface area contributed by atoms with Crippen LogP contribution in [-0.4, -0.2) is 22.0 Å². The third kappa shape index (κ3) is 3.34. The van der Waals surface area contributed by atoms with Gasteiger partial charge in [0.25, 0.3) is 5.56 Å².